The summed E-state index contributed by atoms with van der Waals surface area (Å²) in [4.78, 5) is 7.20. The van der Waals surface area contributed by atoms with Crippen LogP contribution in [0.4, 0.5) is 0 Å². The Bertz CT molecular complexity index is 536. The summed E-state index contributed by atoms with van der Waals surface area (Å²) in [5, 5.41) is 6.68. The molecule has 0 radical (unpaired) electrons. The molecule has 0 amide bonds. The van der Waals surface area contributed by atoms with E-state index in [-0.39, 0.29) is 30.0 Å². The third-order valence-electron chi connectivity index (χ3n) is 4.17. The van der Waals surface area contributed by atoms with E-state index >= 15 is 0 Å². The Balaban J connectivity index is 0.00000338. The van der Waals surface area contributed by atoms with Crippen molar-refractivity contribution >= 4 is 29.9 Å². The normalized spacial score (nSPS) is 16.7. The first-order chi connectivity index (χ1) is 12.2. The van der Waals surface area contributed by atoms with Crippen LogP contribution in [0.1, 0.15) is 25.0 Å². The van der Waals surface area contributed by atoms with Crippen LogP contribution in [0.2, 0.25) is 0 Å². The molecule has 0 aliphatic carbocycles. The van der Waals surface area contributed by atoms with Crippen LogP contribution < -0.4 is 10.6 Å². The number of rotatable bonds is 8. The monoisotopic (exact) mass is 476 g/mol. The molecule has 148 valence electrons. The second-order valence-corrected chi connectivity index (χ2v) is 6.35. The largest absolute Gasteiger partial charge is 0.383 e. The minimum absolute atomic E-state index is 0. The zero-order chi connectivity index (χ0) is 17.9. The van der Waals surface area contributed by atoms with Gasteiger partial charge in [0.15, 0.2) is 5.96 Å². The number of benzene rings is 1. The van der Waals surface area contributed by atoms with Gasteiger partial charge in [-0.2, -0.15) is 0 Å². The highest BCUT2D eigenvalue weighted by Crippen LogP contribution is 2.14. The summed E-state index contributed by atoms with van der Waals surface area (Å²) in [6.45, 7) is 10.9. The van der Waals surface area contributed by atoms with Crippen molar-refractivity contribution < 1.29 is 9.47 Å². The van der Waals surface area contributed by atoms with Crippen molar-refractivity contribution in [1.82, 2.24) is 15.5 Å². The molecule has 7 heteroatoms. The molecule has 1 unspecified atom stereocenters. The molecule has 1 aromatic carbocycles. The molecule has 0 saturated carbocycles. The fraction of sp³-hybridized carbons (Fsp3) is 0.632. The highest BCUT2D eigenvalue weighted by Gasteiger charge is 2.12. The molecule has 1 saturated heterocycles. The second kappa shape index (κ2) is 13.3. The average Bonchev–Trinajstić information content (AvgIpc) is 2.62. The van der Waals surface area contributed by atoms with E-state index in [2.05, 4.69) is 53.6 Å². The quantitative estimate of drug-likeness (QED) is 0.343. The standard InChI is InChI=1S/C19H32N4O2.HI/c1-4-20-19(22-16(2)15-24-3)21-13-17-7-5-6-8-18(17)14-23-9-11-25-12-10-23;/h5-8,16H,4,9-15H2,1-3H3,(H2,20,21,22);1H. The van der Waals surface area contributed by atoms with Gasteiger partial charge in [0.1, 0.15) is 0 Å². The molecule has 26 heavy (non-hydrogen) atoms. The lowest BCUT2D eigenvalue weighted by atomic mass is 10.1. The summed E-state index contributed by atoms with van der Waals surface area (Å²) in [7, 11) is 1.71. The molecule has 1 fully saturated rings. The topological polar surface area (TPSA) is 58.1 Å². The number of aliphatic imine (C=N–C) groups is 1. The molecule has 1 atom stereocenters. The number of nitrogens with zero attached hydrogens (tertiary/aromatic N) is 2. The van der Waals surface area contributed by atoms with Gasteiger partial charge in [-0.15, -0.1) is 24.0 Å². The number of hydrogen-bond acceptors (Lipinski definition) is 4. The first kappa shape index (κ1) is 23.1. The smallest absolute Gasteiger partial charge is 0.191 e. The minimum atomic E-state index is 0. The molecule has 2 N–H and O–H groups in total. The molecule has 1 aromatic rings. The molecule has 2 rings (SSSR count). The first-order valence-corrected chi connectivity index (χ1v) is 9.13. The van der Waals surface area contributed by atoms with Crippen LogP contribution in [0.3, 0.4) is 0 Å². The Kier molecular flexibility index (Phi) is 11.8. The summed E-state index contributed by atoms with van der Waals surface area (Å²) in [5.41, 5.74) is 2.61. The Hall–Kier alpha value is -0.900. The number of nitrogens with one attached hydrogen (secondary N) is 2. The third-order valence-corrected chi connectivity index (χ3v) is 4.17. The van der Waals surface area contributed by atoms with Crippen LogP contribution in [0.15, 0.2) is 29.3 Å². The van der Waals surface area contributed by atoms with Crippen LogP contribution in [0.25, 0.3) is 0 Å². The van der Waals surface area contributed by atoms with Crippen LogP contribution in [-0.2, 0) is 22.6 Å². The summed E-state index contributed by atoms with van der Waals surface area (Å²) < 4.78 is 10.6. The van der Waals surface area contributed by atoms with Gasteiger partial charge in [0.25, 0.3) is 0 Å². The predicted molar refractivity (Wildman–Crippen MR) is 117 cm³/mol. The molecule has 0 aromatic heterocycles. The number of morpholine rings is 1. The van der Waals surface area contributed by atoms with E-state index < -0.39 is 0 Å². The van der Waals surface area contributed by atoms with E-state index in [0.29, 0.717) is 13.2 Å². The Morgan fingerprint density at radius 1 is 1.27 bits per heavy atom. The van der Waals surface area contributed by atoms with Gasteiger partial charge in [-0.3, -0.25) is 4.90 Å². The number of ether oxygens (including phenoxy) is 2. The van der Waals surface area contributed by atoms with Gasteiger partial charge in [0.05, 0.1) is 26.4 Å². The van der Waals surface area contributed by atoms with Crippen LogP contribution >= 0.6 is 24.0 Å². The van der Waals surface area contributed by atoms with E-state index in [0.717, 1.165) is 45.4 Å². The van der Waals surface area contributed by atoms with Gasteiger partial charge in [0, 0.05) is 39.3 Å². The average molecular weight is 476 g/mol. The van der Waals surface area contributed by atoms with Gasteiger partial charge in [-0.1, -0.05) is 24.3 Å². The van der Waals surface area contributed by atoms with E-state index in [4.69, 9.17) is 14.5 Å². The highest BCUT2D eigenvalue weighted by atomic mass is 127. The fourth-order valence-corrected chi connectivity index (χ4v) is 2.88. The van der Waals surface area contributed by atoms with Crippen molar-refractivity contribution in [3.63, 3.8) is 0 Å². The van der Waals surface area contributed by atoms with Gasteiger partial charge in [0.2, 0.25) is 0 Å². The molecule has 1 heterocycles. The lowest BCUT2D eigenvalue weighted by Gasteiger charge is -2.27. The van der Waals surface area contributed by atoms with Crippen molar-refractivity contribution in [2.24, 2.45) is 4.99 Å². The van der Waals surface area contributed by atoms with Crippen molar-refractivity contribution in [1.29, 1.82) is 0 Å². The summed E-state index contributed by atoms with van der Waals surface area (Å²) in [6.07, 6.45) is 0. The highest BCUT2D eigenvalue weighted by molar-refractivity contribution is 14.0. The number of guanidine groups is 1. The summed E-state index contributed by atoms with van der Waals surface area (Å²) in [6, 6.07) is 8.77. The zero-order valence-corrected chi connectivity index (χ0v) is 18.5. The maximum absolute atomic E-state index is 5.44. The van der Waals surface area contributed by atoms with Gasteiger partial charge >= 0.3 is 0 Å². The second-order valence-electron chi connectivity index (χ2n) is 6.35. The van der Waals surface area contributed by atoms with Crippen molar-refractivity contribution in [3.05, 3.63) is 35.4 Å². The van der Waals surface area contributed by atoms with Crippen molar-refractivity contribution in [2.45, 2.75) is 33.0 Å². The van der Waals surface area contributed by atoms with Crippen LogP contribution in [0.5, 0.6) is 0 Å². The van der Waals surface area contributed by atoms with E-state index in [1.54, 1.807) is 7.11 Å². The van der Waals surface area contributed by atoms with Crippen LogP contribution in [-0.4, -0.2) is 63.5 Å². The predicted octanol–water partition coefficient (Wildman–Crippen LogP) is 2.23. The SMILES string of the molecule is CCNC(=NCc1ccccc1CN1CCOCC1)NC(C)COC.I. The fourth-order valence-electron chi connectivity index (χ4n) is 2.88. The third kappa shape index (κ3) is 8.20. The molecule has 0 bridgehead atoms. The maximum Gasteiger partial charge on any atom is 0.191 e. The molecule has 1 aliphatic rings. The Morgan fingerprint density at radius 3 is 2.62 bits per heavy atom. The van der Waals surface area contributed by atoms with Gasteiger partial charge < -0.3 is 20.1 Å². The lowest BCUT2D eigenvalue weighted by molar-refractivity contribution is 0.0341. The Labute approximate surface area is 174 Å². The zero-order valence-electron chi connectivity index (χ0n) is 16.2. The van der Waals surface area contributed by atoms with E-state index in [9.17, 15) is 0 Å². The lowest BCUT2D eigenvalue weighted by Crippen LogP contribution is -2.43. The van der Waals surface area contributed by atoms with Crippen molar-refractivity contribution in [2.75, 3.05) is 46.6 Å². The van der Waals surface area contributed by atoms with Crippen LogP contribution in [0, 0.1) is 0 Å². The van der Waals surface area contributed by atoms with Gasteiger partial charge in [-0.25, -0.2) is 4.99 Å². The molecular formula is C19H33IN4O2. The molecule has 6 nitrogen and oxygen atoms in total. The first-order valence-electron chi connectivity index (χ1n) is 9.13. The maximum atomic E-state index is 5.44. The summed E-state index contributed by atoms with van der Waals surface area (Å²) in [5.74, 6) is 0.827. The molecule has 0 spiro atoms. The summed E-state index contributed by atoms with van der Waals surface area (Å²) >= 11 is 0. The molecular weight excluding hydrogens is 443 g/mol. The number of hydrogen-bond donors (Lipinski definition) is 2. The number of methoxy groups -OCH3 is 1. The Morgan fingerprint density at radius 2 is 1.96 bits per heavy atom. The van der Waals surface area contributed by atoms with E-state index in [1.807, 2.05) is 0 Å². The van der Waals surface area contributed by atoms with Gasteiger partial charge in [-0.05, 0) is 25.0 Å². The van der Waals surface area contributed by atoms with E-state index in [1.165, 1.54) is 11.1 Å². The number of halogens is 1. The van der Waals surface area contributed by atoms with Crippen molar-refractivity contribution in [3.8, 4) is 0 Å². The minimum Gasteiger partial charge on any atom is -0.383 e. The molecule has 1 aliphatic heterocycles.